The second-order valence-electron chi connectivity index (χ2n) is 4.92. The molecule has 0 fully saturated rings. The van der Waals surface area contributed by atoms with Crippen LogP contribution in [0, 0.1) is 5.41 Å². The van der Waals surface area contributed by atoms with Crippen LogP contribution in [0.15, 0.2) is 59.5 Å². The van der Waals surface area contributed by atoms with Crippen molar-refractivity contribution >= 4 is 15.9 Å². The van der Waals surface area contributed by atoms with Gasteiger partial charge in [-0.05, 0) is 30.5 Å². The molecule has 0 aliphatic carbocycles. The number of aryl methyl sites for hydroxylation is 1. The summed E-state index contributed by atoms with van der Waals surface area (Å²) in [4.78, 5) is 0.279. The maximum Gasteiger partial charge on any atom is 0.240 e. The summed E-state index contributed by atoms with van der Waals surface area (Å²) in [6.07, 6.45) is 1.46. The Balaban J connectivity index is 1.83. The fourth-order valence-corrected chi connectivity index (χ4v) is 3.13. The SMILES string of the molecule is N=C(N)c1ccc(CCCNS(=O)(=O)c2ccccc2)cc1. The van der Waals surface area contributed by atoms with Crippen molar-refractivity contribution in [2.24, 2.45) is 5.73 Å². The summed E-state index contributed by atoms with van der Waals surface area (Å²) in [5.74, 6) is 0.0437. The first-order valence-corrected chi connectivity index (χ1v) is 8.45. The van der Waals surface area contributed by atoms with Crippen molar-refractivity contribution < 1.29 is 8.42 Å². The van der Waals surface area contributed by atoms with Gasteiger partial charge in [-0.25, -0.2) is 13.1 Å². The number of amidine groups is 1. The van der Waals surface area contributed by atoms with Gasteiger partial charge >= 0.3 is 0 Å². The predicted molar refractivity (Wildman–Crippen MR) is 87.4 cm³/mol. The molecule has 0 spiro atoms. The smallest absolute Gasteiger partial charge is 0.240 e. The lowest BCUT2D eigenvalue weighted by Crippen LogP contribution is -2.25. The molecule has 4 N–H and O–H groups in total. The molecule has 2 rings (SSSR count). The lowest BCUT2D eigenvalue weighted by Gasteiger charge is -2.07. The average molecular weight is 317 g/mol. The summed E-state index contributed by atoms with van der Waals surface area (Å²) >= 11 is 0. The zero-order valence-corrected chi connectivity index (χ0v) is 12.9. The number of nitrogen functional groups attached to an aromatic ring is 1. The zero-order chi connectivity index (χ0) is 16.0. The molecule has 0 radical (unpaired) electrons. The van der Waals surface area contributed by atoms with Crippen LogP contribution in [-0.2, 0) is 16.4 Å². The highest BCUT2D eigenvalue weighted by Crippen LogP contribution is 2.08. The van der Waals surface area contributed by atoms with Crippen molar-refractivity contribution in [3.8, 4) is 0 Å². The number of hydrogen-bond donors (Lipinski definition) is 3. The third kappa shape index (κ3) is 4.41. The highest BCUT2D eigenvalue weighted by molar-refractivity contribution is 7.89. The zero-order valence-electron chi connectivity index (χ0n) is 12.1. The van der Waals surface area contributed by atoms with Crippen LogP contribution in [-0.4, -0.2) is 20.8 Å². The second kappa shape index (κ2) is 7.20. The molecule has 0 saturated heterocycles. The van der Waals surface area contributed by atoms with Crippen LogP contribution in [0.5, 0.6) is 0 Å². The Labute approximate surface area is 130 Å². The number of nitrogens with one attached hydrogen (secondary N) is 2. The number of sulfonamides is 1. The lowest BCUT2D eigenvalue weighted by molar-refractivity contribution is 0.579. The topological polar surface area (TPSA) is 96.0 Å². The maximum atomic E-state index is 12.0. The molecule has 0 aliphatic heterocycles. The van der Waals surface area contributed by atoms with E-state index < -0.39 is 10.0 Å². The molecular formula is C16H19N3O2S. The maximum absolute atomic E-state index is 12.0. The molecule has 6 heteroatoms. The standard InChI is InChI=1S/C16H19N3O2S/c17-16(18)14-10-8-13(9-11-14)5-4-12-19-22(20,21)15-6-2-1-3-7-15/h1-3,6-11,19H,4-5,12H2,(H3,17,18). The fourth-order valence-electron chi connectivity index (χ4n) is 2.03. The molecular weight excluding hydrogens is 298 g/mol. The Hall–Kier alpha value is -2.18. The van der Waals surface area contributed by atoms with Crippen molar-refractivity contribution in [2.75, 3.05) is 6.54 Å². The Morgan fingerprint density at radius 3 is 2.27 bits per heavy atom. The summed E-state index contributed by atoms with van der Waals surface area (Å²) in [6, 6.07) is 15.7. The van der Waals surface area contributed by atoms with Gasteiger partial charge in [0.1, 0.15) is 5.84 Å². The van der Waals surface area contributed by atoms with Gasteiger partial charge in [-0.15, -0.1) is 0 Å². The highest BCUT2D eigenvalue weighted by Gasteiger charge is 2.11. The Morgan fingerprint density at radius 1 is 1.05 bits per heavy atom. The van der Waals surface area contributed by atoms with E-state index >= 15 is 0 Å². The summed E-state index contributed by atoms with van der Waals surface area (Å²) in [5.41, 5.74) is 7.17. The molecule has 22 heavy (non-hydrogen) atoms. The van der Waals surface area contributed by atoms with Gasteiger partial charge < -0.3 is 5.73 Å². The molecule has 116 valence electrons. The monoisotopic (exact) mass is 317 g/mol. The van der Waals surface area contributed by atoms with Crippen molar-refractivity contribution in [3.05, 3.63) is 65.7 Å². The van der Waals surface area contributed by atoms with Gasteiger partial charge in [0.15, 0.2) is 0 Å². The number of hydrogen-bond acceptors (Lipinski definition) is 3. The molecule has 0 aliphatic rings. The van der Waals surface area contributed by atoms with Gasteiger partial charge in [0.05, 0.1) is 4.90 Å². The number of rotatable bonds is 7. The first-order valence-electron chi connectivity index (χ1n) is 6.97. The Bertz CT molecular complexity index is 726. The van der Waals surface area contributed by atoms with E-state index in [1.807, 2.05) is 12.1 Å². The van der Waals surface area contributed by atoms with Crippen LogP contribution >= 0.6 is 0 Å². The molecule has 0 atom stereocenters. The highest BCUT2D eigenvalue weighted by atomic mass is 32.2. The molecule has 0 aromatic heterocycles. The van der Waals surface area contributed by atoms with Gasteiger partial charge in [-0.1, -0.05) is 42.5 Å². The lowest BCUT2D eigenvalue weighted by atomic mass is 10.1. The predicted octanol–water partition coefficient (Wildman–Crippen LogP) is 1.88. The number of nitrogens with two attached hydrogens (primary N) is 1. The van der Waals surface area contributed by atoms with Gasteiger partial charge in [0.2, 0.25) is 10.0 Å². The van der Waals surface area contributed by atoms with Crippen LogP contribution in [0.2, 0.25) is 0 Å². The van der Waals surface area contributed by atoms with Crippen LogP contribution in [0.4, 0.5) is 0 Å². The average Bonchev–Trinajstić information content (AvgIpc) is 2.53. The molecule has 0 heterocycles. The van der Waals surface area contributed by atoms with Gasteiger partial charge in [-0.2, -0.15) is 0 Å². The largest absolute Gasteiger partial charge is 0.384 e. The van der Waals surface area contributed by atoms with Crippen LogP contribution < -0.4 is 10.5 Å². The van der Waals surface area contributed by atoms with E-state index in [4.69, 9.17) is 11.1 Å². The van der Waals surface area contributed by atoms with E-state index in [0.29, 0.717) is 18.5 Å². The van der Waals surface area contributed by atoms with Crippen molar-refractivity contribution in [3.63, 3.8) is 0 Å². The second-order valence-corrected chi connectivity index (χ2v) is 6.69. The van der Waals surface area contributed by atoms with Crippen molar-refractivity contribution in [1.29, 1.82) is 5.41 Å². The van der Waals surface area contributed by atoms with E-state index in [1.54, 1.807) is 42.5 Å². The van der Waals surface area contributed by atoms with Crippen LogP contribution in [0.1, 0.15) is 17.5 Å². The first-order chi connectivity index (χ1) is 10.5. The minimum atomic E-state index is -3.43. The molecule has 2 aromatic rings. The summed E-state index contributed by atoms with van der Waals surface area (Å²) in [7, 11) is -3.43. The van der Waals surface area contributed by atoms with Crippen LogP contribution in [0.25, 0.3) is 0 Å². The number of benzene rings is 2. The van der Waals surface area contributed by atoms with Crippen molar-refractivity contribution in [2.45, 2.75) is 17.7 Å². The van der Waals surface area contributed by atoms with Crippen LogP contribution in [0.3, 0.4) is 0 Å². The minimum absolute atomic E-state index is 0.0437. The quantitative estimate of drug-likeness (QED) is 0.413. The van der Waals surface area contributed by atoms with E-state index in [0.717, 1.165) is 12.0 Å². The van der Waals surface area contributed by atoms with E-state index in [1.165, 1.54) is 0 Å². The molecule has 0 amide bonds. The molecule has 5 nitrogen and oxygen atoms in total. The van der Waals surface area contributed by atoms with Crippen molar-refractivity contribution in [1.82, 2.24) is 4.72 Å². The molecule has 0 saturated carbocycles. The fraction of sp³-hybridized carbons (Fsp3) is 0.188. The molecule has 2 aromatic carbocycles. The van der Waals surface area contributed by atoms with E-state index in [9.17, 15) is 8.42 Å². The molecule has 0 unspecified atom stereocenters. The molecule has 0 bridgehead atoms. The summed E-state index contributed by atoms with van der Waals surface area (Å²) in [5, 5.41) is 7.33. The van der Waals surface area contributed by atoms with E-state index in [2.05, 4.69) is 4.72 Å². The van der Waals surface area contributed by atoms with Gasteiger partial charge in [0, 0.05) is 12.1 Å². The first kappa shape index (κ1) is 16.2. The van der Waals surface area contributed by atoms with Gasteiger partial charge in [-0.3, -0.25) is 5.41 Å². The van der Waals surface area contributed by atoms with E-state index in [-0.39, 0.29) is 10.7 Å². The third-order valence-corrected chi connectivity index (χ3v) is 4.73. The third-order valence-electron chi connectivity index (χ3n) is 3.25. The summed E-state index contributed by atoms with van der Waals surface area (Å²) in [6.45, 7) is 0.381. The Morgan fingerprint density at radius 2 is 1.68 bits per heavy atom. The normalized spacial score (nSPS) is 11.3. The van der Waals surface area contributed by atoms with Gasteiger partial charge in [0.25, 0.3) is 0 Å². The Kier molecular flexibility index (Phi) is 5.30. The summed E-state index contributed by atoms with van der Waals surface area (Å²) < 4.78 is 26.6. The minimum Gasteiger partial charge on any atom is -0.384 e.